The molecule has 32 heavy (non-hydrogen) atoms. The van der Waals surface area contributed by atoms with E-state index in [1.165, 1.54) is 11.3 Å². The first-order valence-electron chi connectivity index (χ1n) is 11.1. The molecule has 6 heteroatoms. The molecule has 0 radical (unpaired) electrons. The first kappa shape index (κ1) is 21.0. The molecule has 1 saturated heterocycles. The average Bonchev–Trinajstić information content (AvgIpc) is 3.30. The number of nitrogens with zero attached hydrogens (tertiary/aromatic N) is 2. The van der Waals surface area contributed by atoms with Crippen LogP contribution in [0.3, 0.4) is 0 Å². The van der Waals surface area contributed by atoms with Gasteiger partial charge in [0.1, 0.15) is 12.4 Å². The van der Waals surface area contributed by atoms with Crippen molar-refractivity contribution < 1.29 is 14.2 Å². The molecule has 0 amide bonds. The standard InChI is InChI=1S/C26H27ClN2O3/c27-22-2-1-3-23(16-22)29-14-12-28(13-15-29)11-10-20-4-6-21(7-5-20)18-30-24-8-9-25-26(17-24)32-19-31-25/h1-9,16-17H,10-15,18-19H2. The van der Waals surface area contributed by atoms with Crippen molar-refractivity contribution in [2.45, 2.75) is 13.0 Å². The van der Waals surface area contributed by atoms with Crippen LogP contribution in [-0.4, -0.2) is 44.4 Å². The van der Waals surface area contributed by atoms with E-state index < -0.39 is 0 Å². The molecule has 2 aliphatic rings. The number of hydrogen-bond acceptors (Lipinski definition) is 5. The Morgan fingerprint density at radius 1 is 0.812 bits per heavy atom. The maximum atomic E-state index is 6.14. The molecule has 2 heterocycles. The minimum Gasteiger partial charge on any atom is -0.489 e. The number of ether oxygens (including phenoxy) is 3. The van der Waals surface area contributed by atoms with Crippen LogP contribution >= 0.6 is 11.6 Å². The molecule has 5 rings (SSSR count). The topological polar surface area (TPSA) is 34.2 Å². The third-order valence-electron chi connectivity index (χ3n) is 6.03. The fraction of sp³-hybridized carbons (Fsp3) is 0.308. The Morgan fingerprint density at radius 2 is 1.59 bits per heavy atom. The van der Waals surface area contributed by atoms with Gasteiger partial charge in [0.2, 0.25) is 6.79 Å². The fourth-order valence-electron chi connectivity index (χ4n) is 4.13. The second kappa shape index (κ2) is 9.72. The summed E-state index contributed by atoms with van der Waals surface area (Å²) in [5, 5.41) is 0.801. The van der Waals surface area contributed by atoms with Crippen LogP contribution in [0.5, 0.6) is 17.2 Å². The highest BCUT2D eigenvalue weighted by atomic mass is 35.5. The van der Waals surface area contributed by atoms with Gasteiger partial charge in [0.15, 0.2) is 11.5 Å². The molecular formula is C26H27ClN2O3. The zero-order chi connectivity index (χ0) is 21.8. The Morgan fingerprint density at radius 3 is 2.41 bits per heavy atom. The Balaban J connectivity index is 1.06. The Hall–Kier alpha value is -2.89. The predicted molar refractivity (Wildman–Crippen MR) is 127 cm³/mol. The van der Waals surface area contributed by atoms with E-state index in [1.807, 2.05) is 30.3 Å². The van der Waals surface area contributed by atoms with Crippen LogP contribution in [0.15, 0.2) is 66.7 Å². The summed E-state index contributed by atoms with van der Waals surface area (Å²) in [6.07, 6.45) is 1.06. The third kappa shape index (κ3) is 5.12. The summed E-state index contributed by atoms with van der Waals surface area (Å²) in [5.41, 5.74) is 3.73. The summed E-state index contributed by atoms with van der Waals surface area (Å²) < 4.78 is 16.6. The van der Waals surface area contributed by atoms with Crippen molar-refractivity contribution in [3.8, 4) is 17.2 Å². The summed E-state index contributed by atoms with van der Waals surface area (Å²) in [5.74, 6) is 2.30. The number of piperazine rings is 1. The lowest BCUT2D eigenvalue weighted by Gasteiger charge is -2.36. The van der Waals surface area contributed by atoms with Gasteiger partial charge >= 0.3 is 0 Å². The molecule has 3 aromatic rings. The van der Waals surface area contributed by atoms with E-state index in [4.69, 9.17) is 25.8 Å². The number of rotatable bonds is 7. The molecule has 3 aromatic carbocycles. The molecule has 0 aliphatic carbocycles. The lowest BCUT2D eigenvalue weighted by atomic mass is 10.1. The van der Waals surface area contributed by atoms with Crippen molar-refractivity contribution in [2.75, 3.05) is 44.4 Å². The lowest BCUT2D eigenvalue weighted by molar-refractivity contribution is 0.173. The van der Waals surface area contributed by atoms with Gasteiger partial charge in [-0.3, -0.25) is 4.90 Å². The lowest BCUT2D eigenvalue weighted by Crippen LogP contribution is -2.47. The van der Waals surface area contributed by atoms with E-state index >= 15 is 0 Å². The molecule has 166 valence electrons. The summed E-state index contributed by atoms with van der Waals surface area (Å²) in [6, 6.07) is 22.5. The number of halogens is 1. The van der Waals surface area contributed by atoms with Crippen LogP contribution in [-0.2, 0) is 13.0 Å². The zero-order valence-electron chi connectivity index (χ0n) is 18.0. The van der Waals surface area contributed by atoms with Crippen molar-refractivity contribution in [1.82, 2.24) is 4.90 Å². The van der Waals surface area contributed by atoms with Crippen LogP contribution in [0, 0.1) is 0 Å². The van der Waals surface area contributed by atoms with Gasteiger partial charge in [-0.2, -0.15) is 0 Å². The number of hydrogen-bond donors (Lipinski definition) is 0. The Bertz CT molecular complexity index is 1050. The van der Waals surface area contributed by atoms with Crippen LogP contribution in [0.25, 0.3) is 0 Å². The van der Waals surface area contributed by atoms with E-state index in [0.29, 0.717) is 6.61 Å². The monoisotopic (exact) mass is 450 g/mol. The largest absolute Gasteiger partial charge is 0.489 e. The van der Waals surface area contributed by atoms with Crippen LogP contribution < -0.4 is 19.1 Å². The second-order valence-corrected chi connectivity index (χ2v) is 8.62. The van der Waals surface area contributed by atoms with Crippen molar-refractivity contribution in [2.24, 2.45) is 0 Å². The predicted octanol–water partition coefficient (Wildman–Crippen LogP) is 5.01. The van der Waals surface area contributed by atoms with E-state index in [9.17, 15) is 0 Å². The average molecular weight is 451 g/mol. The van der Waals surface area contributed by atoms with Gasteiger partial charge in [0.05, 0.1) is 0 Å². The highest BCUT2D eigenvalue weighted by Gasteiger charge is 2.17. The van der Waals surface area contributed by atoms with E-state index in [0.717, 1.165) is 67.0 Å². The summed E-state index contributed by atoms with van der Waals surface area (Å²) in [7, 11) is 0. The highest BCUT2D eigenvalue weighted by molar-refractivity contribution is 6.30. The quantitative estimate of drug-likeness (QED) is 0.505. The van der Waals surface area contributed by atoms with Gasteiger partial charge < -0.3 is 19.1 Å². The van der Waals surface area contributed by atoms with Gasteiger partial charge in [-0.05, 0) is 47.9 Å². The molecule has 0 atom stereocenters. The van der Waals surface area contributed by atoms with E-state index in [1.54, 1.807) is 0 Å². The van der Waals surface area contributed by atoms with Crippen LogP contribution in [0.4, 0.5) is 5.69 Å². The molecule has 0 N–H and O–H groups in total. The molecule has 0 unspecified atom stereocenters. The molecule has 0 bridgehead atoms. The maximum absolute atomic E-state index is 6.14. The molecule has 0 aromatic heterocycles. The minimum atomic E-state index is 0.276. The van der Waals surface area contributed by atoms with Gasteiger partial charge in [-0.25, -0.2) is 0 Å². The molecule has 5 nitrogen and oxygen atoms in total. The zero-order valence-corrected chi connectivity index (χ0v) is 18.8. The molecule has 0 saturated carbocycles. The SMILES string of the molecule is Clc1cccc(N2CCN(CCc3ccc(COc4ccc5c(c4)OCO5)cc3)CC2)c1. The molecule has 2 aliphatic heterocycles. The molecule has 1 fully saturated rings. The molecule has 0 spiro atoms. The first-order valence-corrected chi connectivity index (χ1v) is 11.4. The van der Waals surface area contributed by atoms with Crippen molar-refractivity contribution in [1.29, 1.82) is 0 Å². The second-order valence-electron chi connectivity index (χ2n) is 8.18. The van der Waals surface area contributed by atoms with Crippen molar-refractivity contribution >= 4 is 17.3 Å². The van der Waals surface area contributed by atoms with Crippen LogP contribution in [0.1, 0.15) is 11.1 Å². The summed E-state index contributed by atoms with van der Waals surface area (Å²) in [6.45, 7) is 6.12. The van der Waals surface area contributed by atoms with E-state index in [-0.39, 0.29) is 6.79 Å². The summed E-state index contributed by atoms with van der Waals surface area (Å²) in [4.78, 5) is 4.95. The first-order chi connectivity index (χ1) is 15.7. The van der Waals surface area contributed by atoms with Crippen LogP contribution in [0.2, 0.25) is 5.02 Å². The third-order valence-corrected chi connectivity index (χ3v) is 6.27. The molecular weight excluding hydrogens is 424 g/mol. The van der Waals surface area contributed by atoms with Crippen molar-refractivity contribution in [3.05, 3.63) is 82.9 Å². The number of fused-ring (bicyclic) bond motifs is 1. The van der Waals surface area contributed by atoms with Crippen molar-refractivity contribution in [3.63, 3.8) is 0 Å². The smallest absolute Gasteiger partial charge is 0.231 e. The summed E-state index contributed by atoms with van der Waals surface area (Å²) >= 11 is 6.14. The maximum Gasteiger partial charge on any atom is 0.231 e. The normalized spacial score (nSPS) is 15.7. The van der Waals surface area contributed by atoms with Gasteiger partial charge in [-0.1, -0.05) is 41.9 Å². The van der Waals surface area contributed by atoms with Gasteiger partial charge in [0, 0.05) is 49.5 Å². The number of benzene rings is 3. The Kier molecular flexibility index (Phi) is 6.37. The highest BCUT2D eigenvalue weighted by Crippen LogP contribution is 2.35. The fourth-order valence-corrected chi connectivity index (χ4v) is 4.31. The van der Waals surface area contributed by atoms with E-state index in [2.05, 4.69) is 46.2 Å². The minimum absolute atomic E-state index is 0.276. The Labute approximate surface area is 194 Å². The van der Waals surface area contributed by atoms with Gasteiger partial charge in [-0.15, -0.1) is 0 Å². The van der Waals surface area contributed by atoms with Gasteiger partial charge in [0.25, 0.3) is 0 Å². The number of anilines is 1.